The van der Waals surface area contributed by atoms with Crippen LogP contribution in [0.1, 0.15) is 0 Å². The van der Waals surface area contributed by atoms with Gasteiger partial charge in [0, 0.05) is 12.7 Å². The van der Waals surface area contributed by atoms with E-state index in [9.17, 15) is 0 Å². The fraction of sp³-hybridized carbons (Fsp3) is 0.0833. The van der Waals surface area contributed by atoms with Crippen molar-refractivity contribution in [2.45, 2.75) is 0 Å². The van der Waals surface area contributed by atoms with Gasteiger partial charge in [-0.25, -0.2) is 9.97 Å². The Morgan fingerprint density at radius 3 is 2.71 bits per heavy atom. The quantitative estimate of drug-likeness (QED) is 0.615. The van der Waals surface area contributed by atoms with Gasteiger partial charge in [-0.1, -0.05) is 18.2 Å². The lowest BCUT2D eigenvalue weighted by atomic mass is 10.3. The highest BCUT2D eigenvalue weighted by Gasteiger charge is 2.10. The molecule has 0 saturated heterocycles. The van der Waals surface area contributed by atoms with Crippen LogP contribution in [0.2, 0.25) is 0 Å². The normalized spacial score (nSPS) is 10.9. The van der Waals surface area contributed by atoms with E-state index >= 15 is 0 Å². The van der Waals surface area contributed by atoms with Gasteiger partial charge in [0.05, 0.1) is 6.20 Å². The van der Waals surface area contributed by atoms with Gasteiger partial charge in [-0.2, -0.15) is 0 Å². The molecule has 0 bridgehead atoms. The molecule has 0 atom stereocenters. The maximum absolute atomic E-state index is 5.43. The molecule has 0 aliphatic heterocycles. The summed E-state index contributed by atoms with van der Waals surface area (Å²) in [6.45, 7) is 0. The van der Waals surface area contributed by atoms with Gasteiger partial charge in [0.25, 0.3) is 0 Å². The van der Waals surface area contributed by atoms with Crippen LogP contribution in [0.15, 0.2) is 42.9 Å². The lowest BCUT2D eigenvalue weighted by molar-refractivity contribution is 0.884. The van der Waals surface area contributed by atoms with Crippen LogP contribution in [0.3, 0.4) is 0 Å². The highest BCUT2D eigenvalue weighted by Crippen LogP contribution is 2.18. The Kier molecular flexibility index (Phi) is 2.26. The molecule has 0 saturated carbocycles. The lowest BCUT2D eigenvalue weighted by Crippen LogP contribution is -1.96. The van der Waals surface area contributed by atoms with Crippen molar-refractivity contribution in [3.63, 3.8) is 0 Å². The molecule has 0 spiro atoms. The van der Waals surface area contributed by atoms with E-state index in [-0.39, 0.29) is 0 Å². The first-order chi connectivity index (χ1) is 8.29. The molecule has 0 fully saturated rings. The third kappa shape index (κ3) is 1.47. The van der Waals surface area contributed by atoms with Crippen molar-refractivity contribution < 1.29 is 0 Å². The predicted octanol–water partition coefficient (Wildman–Crippen LogP) is 2.49. The zero-order valence-electron chi connectivity index (χ0n) is 9.24. The van der Waals surface area contributed by atoms with Crippen LogP contribution in [0.25, 0.3) is 16.9 Å². The molecule has 0 amide bonds. The van der Waals surface area contributed by atoms with Crippen molar-refractivity contribution in [3.05, 3.63) is 47.6 Å². The summed E-state index contributed by atoms with van der Waals surface area (Å²) in [5.74, 6) is 0. The van der Waals surface area contributed by atoms with Crippen LogP contribution < -0.4 is 0 Å². The second kappa shape index (κ2) is 3.78. The summed E-state index contributed by atoms with van der Waals surface area (Å²) in [4.78, 5) is 8.33. The predicted molar refractivity (Wildman–Crippen MR) is 68.7 cm³/mol. The number of para-hydroxylation sites is 1. The number of aryl methyl sites for hydroxylation is 1. The number of nitrogens with zero attached hydrogens (tertiary/aromatic N) is 4. The summed E-state index contributed by atoms with van der Waals surface area (Å²) in [5, 5.41) is 0. The van der Waals surface area contributed by atoms with E-state index in [2.05, 4.69) is 9.97 Å². The Hall–Kier alpha value is -2.01. The highest BCUT2D eigenvalue weighted by molar-refractivity contribution is 7.71. The second-order valence-electron chi connectivity index (χ2n) is 3.74. The molecule has 3 rings (SSSR count). The Bertz CT molecular complexity index is 727. The molecule has 2 aromatic heterocycles. The summed E-state index contributed by atoms with van der Waals surface area (Å²) >= 11 is 5.43. The molecule has 0 aliphatic carbocycles. The van der Waals surface area contributed by atoms with Gasteiger partial charge < -0.3 is 4.57 Å². The summed E-state index contributed by atoms with van der Waals surface area (Å²) in [5.41, 5.74) is 2.78. The molecule has 1 aromatic carbocycles. The summed E-state index contributed by atoms with van der Waals surface area (Å²) < 4.78 is 4.58. The summed E-state index contributed by atoms with van der Waals surface area (Å²) in [6.07, 6.45) is 3.31. The van der Waals surface area contributed by atoms with Crippen LogP contribution in [-0.4, -0.2) is 19.1 Å². The fourth-order valence-corrected chi connectivity index (χ4v) is 2.17. The average molecular weight is 242 g/mol. The minimum atomic E-state index is 0.715. The minimum absolute atomic E-state index is 0.715. The maximum Gasteiger partial charge on any atom is 0.186 e. The lowest BCUT2D eigenvalue weighted by Gasteiger charge is -2.02. The smallest absolute Gasteiger partial charge is 0.186 e. The molecule has 0 aliphatic rings. The molecule has 0 radical (unpaired) electrons. The number of benzene rings is 1. The van der Waals surface area contributed by atoms with Crippen molar-refractivity contribution in [2.75, 3.05) is 0 Å². The van der Waals surface area contributed by atoms with Gasteiger partial charge in [0.2, 0.25) is 0 Å². The van der Waals surface area contributed by atoms with Crippen LogP contribution in [0, 0.1) is 4.77 Å². The van der Waals surface area contributed by atoms with Crippen LogP contribution in [0.4, 0.5) is 0 Å². The van der Waals surface area contributed by atoms with E-state index in [4.69, 9.17) is 12.2 Å². The number of aromatic nitrogens is 4. The van der Waals surface area contributed by atoms with Crippen molar-refractivity contribution in [1.29, 1.82) is 0 Å². The maximum atomic E-state index is 5.43. The third-order valence-electron chi connectivity index (χ3n) is 2.74. The number of fused-ring (bicyclic) bond motifs is 1. The van der Waals surface area contributed by atoms with E-state index in [1.54, 1.807) is 6.20 Å². The standard InChI is InChI=1S/C12H10N4S/c1-15-10-7-13-8-14-11(10)16(12(15)17)9-5-3-2-4-6-9/h2-8H,1H3. The Morgan fingerprint density at radius 1 is 1.18 bits per heavy atom. The van der Waals surface area contributed by atoms with Crippen molar-refractivity contribution in [2.24, 2.45) is 7.05 Å². The zero-order valence-corrected chi connectivity index (χ0v) is 10.1. The second-order valence-corrected chi connectivity index (χ2v) is 4.11. The first-order valence-electron chi connectivity index (χ1n) is 5.22. The van der Waals surface area contributed by atoms with Gasteiger partial charge >= 0.3 is 0 Å². The van der Waals surface area contributed by atoms with Gasteiger partial charge in [-0.15, -0.1) is 0 Å². The van der Waals surface area contributed by atoms with Gasteiger partial charge in [-0.05, 0) is 24.4 Å². The zero-order chi connectivity index (χ0) is 11.8. The molecule has 0 unspecified atom stereocenters. The Labute approximate surface area is 103 Å². The number of hydrogen-bond donors (Lipinski definition) is 0. The first-order valence-corrected chi connectivity index (χ1v) is 5.63. The molecule has 2 heterocycles. The molecule has 17 heavy (non-hydrogen) atoms. The monoisotopic (exact) mass is 242 g/mol. The van der Waals surface area contributed by atoms with Gasteiger partial charge in [0.1, 0.15) is 11.8 Å². The van der Waals surface area contributed by atoms with Crippen molar-refractivity contribution in [3.8, 4) is 5.69 Å². The Morgan fingerprint density at radius 2 is 1.94 bits per heavy atom. The summed E-state index contributed by atoms with van der Waals surface area (Å²) in [6, 6.07) is 9.97. The molecule has 4 nitrogen and oxygen atoms in total. The highest BCUT2D eigenvalue weighted by atomic mass is 32.1. The van der Waals surface area contributed by atoms with Crippen molar-refractivity contribution in [1.82, 2.24) is 19.1 Å². The first kappa shape index (κ1) is 10.2. The van der Waals surface area contributed by atoms with E-state index in [1.165, 1.54) is 6.33 Å². The van der Waals surface area contributed by atoms with E-state index in [0.717, 1.165) is 16.9 Å². The van der Waals surface area contributed by atoms with Crippen LogP contribution >= 0.6 is 12.2 Å². The fourth-order valence-electron chi connectivity index (χ4n) is 1.88. The number of hydrogen-bond acceptors (Lipinski definition) is 3. The average Bonchev–Trinajstić information content (AvgIpc) is 2.64. The molecular formula is C12H10N4S. The summed E-state index contributed by atoms with van der Waals surface area (Å²) in [7, 11) is 1.92. The molecule has 84 valence electrons. The van der Waals surface area contributed by atoms with E-state index < -0.39 is 0 Å². The van der Waals surface area contributed by atoms with Crippen molar-refractivity contribution >= 4 is 23.4 Å². The van der Waals surface area contributed by atoms with E-state index in [1.807, 2.05) is 46.5 Å². The SMILES string of the molecule is Cn1c(=S)n(-c2ccccc2)c2ncncc21. The molecule has 5 heteroatoms. The van der Waals surface area contributed by atoms with Crippen LogP contribution in [-0.2, 0) is 7.05 Å². The number of rotatable bonds is 1. The topological polar surface area (TPSA) is 35.6 Å². The largest absolute Gasteiger partial charge is 0.317 e. The molecular weight excluding hydrogens is 232 g/mol. The van der Waals surface area contributed by atoms with E-state index in [0.29, 0.717) is 4.77 Å². The Balaban J connectivity index is 2.45. The van der Waals surface area contributed by atoms with Gasteiger partial charge in [-0.3, -0.25) is 4.57 Å². The van der Waals surface area contributed by atoms with Crippen LogP contribution in [0.5, 0.6) is 0 Å². The third-order valence-corrected chi connectivity index (χ3v) is 3.19. The molecule has 0 N–H and O–H groups in total. The molecule has 3 aromatic rings. The minimum Gasteiger partial charge on any atom is -0.317 e. The number of imidazole rings is 1. The van der Waals surface area contributed by atoms with Gasteiger partial charge in [0.15, 0.2) is 10.4 Å².